The maximum absolute atomic E-state index is 11.3. The van der Waals surface area contributed by atoms with Crippen LogP contribution in [-0.4, -0.2) is 33.6 Å². The van der Waals surface area contributed by atoms with E-state index in [1.54, 1.807) is 0 Å². The van der Waals surface area contributed by atoms with Gasteiger partial charge in [0.25, 0.3) is 0 Å². The molecule has 0 radical (unpaired) electrons. The first kappa shape index (κ1) is 29.0. The van der Waals surface area contributed by atoms with Gasteiger partial charge >= 0.3 is 0 Å². The number of fused-ring (bicyclic) bond motifs is 1. The molecule has 4 aliphatic carbocycles. The van der Waals surface area contributed by atoms with E-state index in [1.165, 1.54) is 54.5 Å². The number of aryl methyl sites for hydroxylation is 1. The first-order chi connectivity index (χ1) is 18.7. The lowest BCUT2D eigenvalue weighted by atomic mass is 9.61. The third-order valence-electron chi connectivity index (χ3n) is 10.9. The molecule has 0 aliphatic heterocycles. The quantitative estimate of drug-likeness (QED) is 0.275. The van der Waals surface area contributed by atoms with Gasteiger partial charge in [0.2, 0.25) is 0 Å². The van der Waals surface area contributed by atoms with Crippen LogP contribution in [0.15, 0.2) is 59.0 Å². The Balaban J connectivity index is 1.26. The molecule has 4 fully saturated rings. The van der Waals surface area contributed by atoms with Crippen LogP contribution in [0.3, 0.4) is 0 Å². The number of thiophene rings is 1. The Bertz CT molecular complexity index is 1120. The number of unbranched alkanes of at least 4 members (excludes halogenated alkanes) is 1. The number of allylic oxidation sites excluding steroid dienone is 4. The van der Waals surface area contributed by atoms with E-state index in [-0.39, 0.29) is 10.8 Å². The summed E-state index contributed by atoms with van der Waals surface area (Å²) in [4.78, 5) is 1.38. The molecule has 4 saturated carbocycles. The monoisotopic (exact) mass is 550 g/mol. The van der Waals surface area contributed by atoms with Gasteiger partial charge in [0, 0.05) is 16.7 Å². The van der Waals surface area contributed by atoms with E-state index in [0.29, 0.717) is 30.6 Å². The highest BCUT2D eigenvalue weighted by atomic mass is 32.1. The summed E-state index contributed by atoms with van der Waals surface area (Å²) < 4.78 is 0. The zero-order valence-corrected chi connectivity index (χ0v) is 25.2. The molecule has 3 N–H and O–H groups in total. The lowest BCUT2D eigenvalue weighted by Crippen LogP contribution is -2.35. The standard InChI is InChI=1S/C35H50O3S/c1-5-6-8-25-19-33(39-22-25)35(17-18-35)32(38)15-10-23(2)29-13-14-30-26(9-7-16-34(29,30)4)11-12-27-20-28(36)21-31(37)24(27)3/h10-12,15,19,22-23,28-32,36-38H,3,5-9,13-14,16-18,20-21H2,1-2,4H3/t23-,28-,29-,30+,31+,32+,34-/m1/s1. The average molecular weight is 551 g/mol. The molecule has 0 unspecified atom stereocenters. The third kappa shape index (κ3) is 5.82. The molecular weight excluding hydrogens is 500 g/mol. The van der Waals surface area contributed by atoms with E-state index >= 15 is 0 Å². The lowest BCUT2D eigenvalue weighted by molar-refractivity contribution is 0.0862. The van der Waals surface area contributed by atoms with Gasteiger partial charge in [0.1, 0.15) is 0 Å². The van der Waals surface area contributed by atoms with Crippen molar-refractivity contribution < 1.29 is 15.3 Å². The lowest BCUT2D eigenvalue weighted by Gasteiger charge is -2.44. The minimum Gasteiger partial charge on any atom is -0.393 e. The van der Waals surface area contributed by atoms with E-state index in [0.717, 1.165) is 36.8 Å². The van der Waals surface area contributed by atoms with Crippen molar-refractivity contribution in [2.24, 2.45) is 23.2 Å². The molecule has 1 aromatic heterocycles. The predicted octanol–water partition coefficient (Wildman–Crippen LogP) is 7.82. The third-order valence-corrected chi connectivity index (χ3v) is 12.1. The van der Waals surface area contributed by atoms with Crippen molar-refractivity contribution in [1.82, 2.24) is 0 Å². The number of hydrogen-bond donors (Lipinski definition) is 3. The number of hydrogen-bond acceptors (Lipinski definition) is 4. The van der Waals surface area contributed by atoms with Crippen LogP contribution < -0.4 is 0 Å². The molecule has 4 aliphatic rings. The molecule has 0 spiro atoms. The fourth-order valence-electron chi connectivity index (χ4n) is 8.18. The summed E-state index contributed by atoms with van der Waals surface area (Å²) in [5.41, 5.74) is 4.97. The Kier molecular flexibility index (Phi) is 8.79. The molecule has 0 aromatic carbocycles. The molecule has 0 saturated heterocycles. The van der Waals surface area contributed by atoms with Crippen LogP contribution in [0.5, 0.6) is 0 Å². The van der Waals surface area contributed by atoms with Gasteiger partial charge in [-0.05, 0) is 116 Å². The van der Waals surface area contributed by atoms with Crippen LogP contribution in [0.25, 0.3) is 0 Å². The van der Waals surface area contributed by atoms with Crippen molar-refractivity contribution in [2.75, 3.05) is 0 Å². The van der Waals surface area contributed by atoms with Crippen molar-refractivity contribution in [3.8, 4) is 0 Å². The summed E-state index contributed by atoms with van der Waals surface area (Å²) in [6.07, 6.45) is 20.2. The summed E-state index contributed by atoms with van der Waals surface area (Å²) >= 11 is 1.85. The first-order valence-corrected chi connectivity index (χ1v) is 16.4. The van der Waals surface area contributed by atoms with Gasteiger partial charge in [-0.3, -0.25) is 0 Å². The summed E-state index contributed by atoms with van der Waals surface area (Å²) in [6, 6.07) is 2.37. The molecule has 1 heterocycles. The van der Waals surface area contributed by atoms with E-state index in [9.17, 15) is 15.3 Å². The Labute approximate surface area is 240 Å². The highest BCUT2D eigenvalue weighted by Gasteiger charge is 2.52. The molecule has 214 valence electrons. The maximum Gasteiger partial charge on any atom is 0.0825 e. The van der Waals surface area contributed by atoms with Gasteiger partial charge in [-0.1, -0.05) is 63.6 Å². The van der Waals surface area contributed by atoms with E-state index in [4.69, 9.17) is 0 Å². The normalized spacial score (nSPS) is 36.0. The number of rotatable bonds is 9. The fraction of sp³-hybridized carbons (Fsp3) is 0.657. The largest absolute Gasteiger partial charge is 0.393 e. The first-order valence-electron chi connectivity index (χ1n) is 15.6. The zero-order valence-electron chi connectivity index (χ0n) is 24.4. The fourth-order valence-corrected chi connectivity index (χ4v) is 9.42. The van der Waals surface area contributed by atoms with Crippen molar-refractivity contribution in [3.05, 3.63) is 69.5 Å². The second kappa shape index (κ2) is 11.8. The maximum atomic E-state index is 11.3. The Morgan fingerprint density at radius 3 is 2.69 bits per heavy atom. The Morgan fingerprint density at radius 1 is 1.15 bits per heavy atom. The van der Waals surface area contributed by atoms with E-state index < -0.39 is 18.3 Å². The molecule has 4 heteroatoms. The van der Waals surface area contributed by atoms with Crippen molar-refractivity contribution in [2.45, 2.75) is 122 Å². The van der Waals surface area contributed by atoms with Crippen LogP contribution in [-0.2, 0) is 11.8 Å². The van der Waals surface area contributed by atoms with Crippen LogP contribution in [0.2, 0.25) is 0 Å². The molecule has 3 nitrogen and oxygen atoms in total. The van der Waals surface area contributed by atoms with Crippen molar-refractivity contribution in [1.29, 1.82) is 0 Å². The van der Waals surface area contributed by atoms with Crippen LogP contribution in [0.4, 0.5) is 0 Å². The van der Waals surface area contributed by atoms with Gasteiger partial charge in [0.05, 0.1) is 18.3 Å². The Morgan fingerprint density at radius 2 is 1.95 bits per heavy atom. The molecule has 0 bridgehead atoms. The highest BCUT2D eigenvalue weighted by molar-refractivity contribution is 7.10. The van der Waals surface area contributed by atoms with E-state index in [2.05, 4.69) is 63.1 Å². The van der Waals surface area contributed by atoms with Gasteiger partial charge in [-0.2, -0.15) is 0 Å². The Hall–Kier alpha value is -1.46. The van der Waals surface area contributed by atoms with Crippen molar-refractivity contribution >= 4 is 11.3 Å². The SMILES string of the molecule is C=C1C(=CC=C2CCC[C@]3(C)[C@@H]([C@H](C)C=C[C@H](O)C4(c5cc(CCCC)cs5)CC4)CC[C@@H]23)C[C@@H](O)C[C@@H]1O. The summed E-state index contributed by atoms with van der Waals surface area (Å²) in [7, 11) is 0. The molecular formula is C35H50O3S. The van der Waals surface area contributed by atoms with Crippen LogP contribution in [0, 0.1) is 23.2 Å². The van der Waals surface area contributed by atoms with Gasteiger partial charge in [-0.25, -0.2) is 0 Å². The minimum atomic E-state index is -0.633. The van der Waals surface area contributed by atoms with Gasteiger partial charge in [0.15, 0.2) is 0 Å². The topological polar surface area (TPSA) is 60.7 Å². The summed E-state index contributed by atoms with van der Waals surface area (Å²) in [5, 5.41) is 34.0. The molecule has 39 heavy (non-hydrogen) atoms. The second-order valence-electron chi connectivity index (χ2n) is 13.4. The summed E-state index contributed by atoms with van der Waals surface area (Å²) in [5.74, 6) is 1.64. The minimum absolute atomic E-state index is 0.0496. The average Bonchev–Trinajstić information content (AvgIpc) is 3.44. The molecule has 5 rings (SSSR count). The smallest absolute Gasteiger partial charge is 0.0825 e. The van der Waals surface area contributed by atoms with E-state index in [1.807, 2.05) is 11.3 Å². The van der Waals surface area contributed by atoms with Gasteiger partial charge in [-0.15, -0.1) is 11.3 Å². The molecule has 7 atom stereocenters. The predicted molar refractivity (Wildman–Crippen MR) is 163 cm³/mol. The van der Waals surface area contributed by atoms with Crippen LogP contribution in [0.1, 0.15) is 102 Å². The van der Waals surface area contributed by atoms with Gasteiger partial charge < -0.3 is 15.3 Å². The second-order valence-corrected chi connectivity index (χ2v) is 14.3. The zero-order chi connectivity index (χ0) is 27.8. The molecule has 0 amide bonds. The molecule has 1 aromatic rings. The number of aliphatic hydroxyl groups excluding tert-OH is 3. The summed E-state index contributed by atoms with van der Waals surface area (Å²) in [6.45, 7) is 11.2. The number of aliphatic hydroxyl groups is 3. The highest BCUT2D eigenvalue weighted by Crippen LogP contribution is 2.60. The van der Waals surface area contributed by atoms with Crippen LogP contribution >= 0.6 is 11.3 Å². The van der Waals surface area contributed by atoms with Crippen molar-refractivity contribution in [3.63, 3.8) is 0 Å².